The lowest BCUT2D eigenvalue weighted by Gasteiger charge is -2.21. The highest BCUT2D eigenvalue weighted by atomic mass is 16.6. The van der Waals surface area contributed by atoms with E-state index in [4.69, 9.17) is 10.5 Å². The summed E-state index contributed by atoms with van der Waals surface area (Å²) in [5, 5.41) is 9.18. The summed E-state index contributed by atoms with van der Waals surface area (Å²) in [5.74, 6) is 0.716. The van der Waals surface area contributed by atoms with Gasteiger partial charge < -0.3 is 15.6 Å². The summed E-state index contributed by atoms with van der Waals surface area (Å²) >= 11 is 0. The summed E-state index contributed by atoms with van der Waals surface area (Å²) in [4.78, 5) is 0. The van der Waals surface area contributed by atoms with Crippen LogP contribution in [0.25, 0.3) is 0 Å². The van der Waals surface area contributed by atoms with Gasteiger partial charge in [-0.1, -0.05) is 6.07 Å². The third-order valence-corrected chi connectivity index (χ3v) is 2.01. The van der Waals surface area contributed by atoms with Crippen LogP contribution in [0.4, 0.5) is 5.69 Å². The zero-order valence-corrected chi connectivity index (χ0v) is 6.66. The lowest BCUT2D eigenvalue weighted by Crippen LogP contribution is -2.21. The first-order valence-corrected chi connectivity index (χ1v) is 3.99. The Bertz CT molecular complexity index is 299. The Balaban J connectivity index is 2.37. The number of ether oxygens (including phenoxy) is 1. The lowest BCUT2D eigenvalue weighted by molar-refractivity contribution is -0.0315. The second kappa shape index (κ2) is 2.68. The normalized spacial score (nSPS) is 21.2. The summed E-state index contributed by atoms with van der Waals surface area (Å²) < 4.78 is 5.19. The number of aliphatic hydroxyl groups is 1. The summed E-state index contributed by atoms with van der Waals surface area (Å²) in [6.45, 7) is 0. The maximum atomic E-state index is 9.18. The Morgan fingerprint density at radius 1 is 1.50 bits per heavy atom. The Hall–Kier alpha value is -1.22. The first kappa shape index (κ1) is 7.43. The van der Waals surface area contributed by atoms with Crippen LogP contribution in [0.15, 0.2) is 18.2 Å². The van der Waals surface area contributed by atoms with Crippen molar-refractivity contribution in [1.29, 1.82) is 0 Å². The van der Waals surface area contributed by atoms with E-state index in [0.29, 0.717) is 17.9 Å². The van der Waals surface area contributed by atoms with E-state index in [1.165, 1.54) is 0 Å². The van der Waals surface area contributed by atoms with Crippen molar-refractivity contribution in [2.24, 2.45) is 0 Å². The van der Waals surface area contributed by atoms with E-state index in [9.17, 15) is 5.11 Å². The van der Waals surface area contributed by atoms with Gasteiger partial charge in [0, 0.05) is 18.2 Å². The molecule has 0 amide bonds. The van der Waals surface area contributed by atoms with Crippen molar-refractivity contribution >= 4 is 5.69 Å². The van der Waals surface area contributed by atoms with E-state index in [0.717, 1.165) is 12.0 Å². The van der Waals surface area contributed by atoms with Gasteiger partial charge >= 0.3 is 0 Å². The van der Waals surface area contributed by atoms with Crippen LogP contribution in [0.2, 0.25) is 0 Å². The molecule has 0 fully saturated rings. The number of benzene rings is 1. The highest BCUT2D eigenvalue weighted by Gasteiger charge is 2.16. The molecule has 0 aromatic heterocycles. The standard InChI is InChI=1S/C9H11NO2/c10-7-3-1-6-2-4-9(11)12-8(6)5-7/h1,3,5,9,11H,2,4,10H2. The molecule has 0 saturated heterocycles. The molecular weight excluding hydrogens is 154 g/mol. The van der Waals surface area contributed by atoms with Crippen LogP contribution in [0.3, 0.4) is 0 Å². The molecule has 0 saturated carbocycles. The van der Waals surface area contributed by atoms with Crippen molar-refractivity contribution < 1.29 is 9.84 Å². The van der Waals surface area contributed by atoms with Crippen LogP contribution in [0, 0.1) is 0 Å². The molecule has 0 spiro atoms. The van der Waals surface area contributed by atoms with Gasteiger partial charge in [-0.3, -0.25) is 0 Å². The minimum absolute atomic E-state index is 0.664. The largest absolute Gasteiger partial charge is 0.465 e. The molecule has 1 aliphatic heterocycles. The molecule has 0 bridgehead atoms. The molecule has 12 heavy (non-hydrogen) atoms. The van der Waals surface area contributed by atoms with Gasteiger partial charge in [0.1, 0.15) is 5.75 Å². The van der Waals surface area contributed by atoms with Gasteiger partial charge in [0.25, 0.3) is 0 Å². The number of nitrogens with two attached hydrogens (primary N) is 1. The van der Waals surface area contributed by atoms with Crippen molar-refractivity contribution in [3.05, 3.63) is 23.8 Å². The predicted octanol–water partition coefficient (Wildman–Crippen LogP) is 0.912. The fraction of sp³-hybridized carbons (Fsp3) is 0.333. The van der Waals surface area contributed by atoms with Gasteiger partial charge in [-0.25, -0.2) is 0 Å². The topological polar surface area (TPSA) is 55.5 Å². The number of rotatable bonds is 0. The van der Waals surface area contributed by atoms with Crippen molar-refractivity contribution in [2.75, 3.05) is 5.73 Å². The second-order valence-electron chi connectivity index (χ2n) is 2.98. The average molecular weight is 165 g/mol. The molecule has 0 radical (unpaired) electrons. The summed E-state index contributed by atoms with van der Waals surface area (Å²) in [7, 11) is 0. The maximum absolute atomic E-state index is 9.18. The third-order valence-electron chi connectivity index (χ3n) is 2.01. The quantitative estimate of drug-likeness (QED) is 0.562. The number of fused-ring (bicyclic) bond motifs is 1. The zero-order chi connectivity index (χ0) is 8.55. The van der Waals surface area contributed by atoms with Crippen LogP contribution < -0.4 is 10.5 Å². The minimum Gasteiger partial charge on any atom is -0.465 e. The first-order chi connectivity index (χ1) is 5.75. The fourth-order valence-corrected chi connectivity index (χ4v) is 1.37. The van der Waals surface area contributed by atoms with Crippen molar-refractivity contribution in [3.8, 4) is 5.75 Å². The van der Waals surface area contributed by atoms with Crippen LogP contribution >= 0.6 is 0 Å². The van der Waals surface area contributed by atoms with E-state index in [1.807, 2.05) is 12.1 Å². The molecule has 1 aromatic carbocycles. The van der Waals surface area contributed by atoms with Gasteiger partial charge in [-0.15, -0.1) is 0 Å². The summed E-state index contributed by atoms with van der Waals surface area (Å²) in [6, 6.07) is 5.54. The van der Waals surface area contributed by atoms with Crippen LogP contribution in [0.1, 0.15) is 12.0 Å². The Morgan fingerprint density at radius 3 is 3.17 bits per heavy atom. The Kier molecular flexibility index (Phi) is 1.66. The molecule has 1 unspecified atom stereocenters. The lowest BCUT2D eigenvalue weighted by atomic mass is 10.1. The number of aliphatic hydroxyl groups excluding tert-OH is 1. The highest BCUT2D eigenvalue weighted by molar-refractivity contribution is 5.49. The van der Waals surface area contributed by atoms with E-state index in [1.54, 1.807) is 6.07 Å². The SMILES string of the molecule is Nc1ccc2c(c1)OC(O)CC2. The highest BCUT2D eigenvalue weighted by Crippen LogP contribution is 2.28. The summed E-state index contributed by atoms with van der Waals surface area (Å²) in [6.07, 6.45) is 0.854. The number of hydrogen-bond acceptors (Lipinski definition) is 3. The molecule has 1 heterocycles. The Labute approximate surface area is 70.8 Å². The fourth-order valence-electron chi connectivity index (χ4n) is 1.37. The molecule has 3 nitrogen and oxygen atoms in total. The second-order valence-corrected chi connectivity index (χ2v) is 2.98. The van der Waals surface area contributed by atoms with Gasteiger partial charge in [-0.05, 0) is 18.1 Å². The molecule has 64 valence electrons. The van der Waals surface area contributed by atoms with Crippen molar-refractivity contribution in [3.63, 3.8) is 0 Å². The van der Waals surface area contributed by atoms with E-state index in [2.05, 4.69) is 0 Å². The van der Waals surface area contributed by atoms with E-state index in [-0.39, 0.29) is 0 Å². The van der Waals surface area contributed by atoms with Gasteiger partial charge in [0.15, 0.2) is 6.29 Å². The van der Waals surface area contributed by atoms with E-state index >= 15 is 0 Å². The molecule has 3 heteroatoms. The van der Waals surface area contributed by atoms with Gasteiger partial charge in [0.2, 0.25) is 0 Å². The minimum atomic E-state index is -0.667. The monoisotopic (exact) mass is 165 g/mol. The van der Waals surface area contributed by atoms with Crippen molar-refractivity contribution in [2.45, 2.75) is 19.1 Å². The van der Waals surface area contributed by atoms with Crippen LogP contribution in [-0.4, -0.2) is 11.4 Å². The van der Waals surface area contributed by atoms with Gasteiger partial charge in [0.05, 0.1) is 0 Å². The number of aryl methyl sites for hydroxylation is 1. The van der Waals surface area contributed by atoms with Gasteiger partial charge in [-0.2, -0.15) is 0 Å². The number of anilines is 1. The summed E-state index contributed by atoms with van der Waals surface area (Å²) in [5.41, 5.74) is 7.35. The number of nitrogen functional groups attached to an aromatic ring is 1. The maximum Gasteiger partial charge on any atom is 0.197 e. The third kappa shape index (κ3) is 1.23. The molecule has 1 atom stereocenters. The molecule has 3 N–H and O–H groups in total. The smallest absolute Gasteiger partial charge is 0.197 e. The van der Waals surface area contributed by atoms with E-state index < -0.39 is 6.29 Å². The Morgan fingerprint density at radius 2 is 2.33 bits per heavy atom. The average Bonchev–Trinajstić information content (AvgIpc) is 2.03. The zero-order valence-electron chi connectivity index (χ0n) is 6.66. The van der Waals surface area contributed by atoms with Crippen LogP contribution in [-0.2, 0) is 6.42 Å². The van der Waals surface area contributed by atoms with Crippen molar-refractivity contribution in [1.82, 2.24) is 0 Å². The number of hydrogen-bond donors (Lipinski definition) is 2. The predicted molar refractivity (Wildman–Crippen MR) is 45.8 cm³/mol. The first-order valence-electron chi connectivity index (χ1n) is 3.99. The molecule has 1 aliphatic rings. The molecule has 1 aromatic rings. The van der Waals surface area contributed by atoms with Crippen LogP contribution in [0.5, 0.6) is 5.75 Å². The molecule has 0 aliphatic carbocycles. The molecule has 2 rings (SSSR count). The molecular formula is C9H11NO2.